The van der Waals surface area contributed by atoms with E-state index in [-0.39, 0.29) is 30.9 Å². The van der Waals surface area contributed by atoms with Crippen molar-refractivity contribution in [3.05, 3.63) is 24.3 Å². The monoisotopic (exact) mass is 346 g/mol. The first-order chi connectivity index (χ1) is 12.1. The highest BCUT2D eigenvalue weighted by Crippen LogP contribution is 2.33. The molecule has 0 aromatic heterocycles. The molecule has 0 radical (unpaired) electrons. The van der Waals surface area contributed by atoms with Crippen LogP contribution in [0.2, 0.25) is 0 Å². The summed E-state index contributed by atoms with van der Waals surface area (Å²) in [7, 11) is 0. The molecule has 2 aliphatic rings. The van der Waals surface area contributed by atoms with Gasteiger partial charge in [-0.25, -0.2) is 4.79 Å². The van der Waals surface area contributed by atoms with Crippen LogP contribution < -0.4 is 20.3 Å². The summed E-state index contributed by atoms with van der Waals surface area (Å²) < 4.78 is 5.79. The van der Waals surface area contributed by atoms with Gasteiger partial charge in [0.25, 0.3) is 5.91 Å². The Hall–Kier alpha value is -2.77. The Labute approximate surface area is 146 Å². The van der Waals surface area contributed by atoms with Gasteiger partial charge in [0.2, 0.25) is 5.91 Å². The minimum Gasteiger partial charge on any atom is -0.477 e. The number of imide groups is 1. The van der Waals surface area contributed by atoms with Crippen LogP contribution in [-0.2, 0) is 9.59 Å². The summed E-state index contributed by atoms with van der Waals surface area (Å²) in [6.07, 6.45) is 0.142. The maximum Gasteiger partial charge on any atom is 0.324 e. The number of ether oxygens (including phenoxy) is 1. The fourth-order valence-electron chi connectivity index (χ4n) is 2.91. The van der Waals surface area contributed by atoms with Gasteiger partial charge in [-0.05, 0) is 18.6 Å². The number of rotatable bonds is 5. The van der Waals surface area contributed by atoms with Crippen LogP contribution in [0.15, 0.2) is 24.3 Å². The first-order valence-electron chi connectivity index (χ1n) is 8.46. The van der Waals surface area contributed by atoms with E-state index in [0.29, 0.717) is 25.4 Å². The SMILES string of the molecule is CCCNC(=O)[C@H]1CN(CC(=O)N2CCNC2=O)c2ccccc2O1. The number of hydrogen-bond donors (Lipinski definition) is 2. The van der Waals surface area contributed by atoms with Crippen LogP contribution in [0.4, 0.5) is 10.5 Å². The molecule has 2 N–H and O–H groups in total. The average Bonchev–Trinajstić information content (AvgIpc) is 3.05. The lowest BCUT2D eigenvalue weighted by Crippen LogP contribution is -2.52. The average molecular weight is 346 g/mol. The Morgan fingerprint density at radius 2 is 2.16 bits per heavy atom. The van der Waals surface area contributed by atoms with Crippen LogP contribution >= 0.6 is 0 Å². The number of hydrogen-bond acceptors (Lipinski definition) is 5. The fourth-order valence-corrected chi connectivity index (χ4v) is 2.91. The normalized spacial score (nSPS) is 19.1. The number of nitrogens with zero attached hydrogens (tertiary/aromatic N) is 2. The lowest BCUT2D eigenvalue weighted by Gasteiger charge is -2.35. The molecular weight excluding hydrogens is 324 g/mol. The van der Waals surface area contributed by atoms with Gasteiger partial charge < -0.3 is 20.3 Å². The summed E-state index contributed by atoms with van der Waals surface area (Å²) in [5, 5.41) is 5.43. The van der Waals surface area contributed by atoms with Crippen LogP contribution in [0.25, 0.3) is 0 Å². The second kappa shape index (κ2) is 7.42. The number of carbonyl (C=O) groups is 3. The summed E-state index contributed by atoms with van der Waals surface area (Å²) in [5.41, 5.74) is 0.745. The van der Waals surface area contributed by atoms with Crippen molar-refractivity contribution in [1.29, 1.82) is 0 Å². The Morgan fingerprint density at radius 3 is 2.88 bits per heavy atom. The predicted molar refractivity (Wildman–Crippen MR) is 91.5 cm³/mol. The van der Waals surface area contributed by atoms with Gasteiger partial charge in [-0.15, -0.1) is 0 Å². The number of benzene rings is 1. The van der Waals surface area contributed by atoms with Crippen molar-refractivity contribution in [2.75, 3.05) is 37.6 Å². The van der Waals surface area contributed by atoms with E-state index >= 15 is 0 Å². The van der Waals surface area contributed by atoms with Crippen molar-refractivity contribution in [3.8, 4) is 5.75 Å². The molecule has 0 spiro atoms. The molecule has 2 heterocycles. The number of carbonyl (C=O) groups excluding carboxylic acids is 3. The van der Waals surface area contributed by atoms with Crippen LogP contribution in [0.3, 0.4) is 0 Å². The van der Waals surface area contributed by atoms with Crippen molar-refractivity contribution < 1.29 is 19.1 Å². The van der Waals surface area contributed by atoms with Crippen molar-refractivity contribution in [2.45, 2.75) is 19.4 Å². The molecule has 0 bridgehead atoms. The molecule has 1 atom stereocenters. The summed E-state index contributed by atoms with van der Waals surface area (Å²) in [6.45, 7) is 3.66. The largest absolute Gasteiger partial charge is 0.477 e. The third kappa shape index (κ3) is 3.67. The quantitative estimate of drug-likeness (QED) is 0.802. The topological polar surface area (TPSA) is 91.0 Å². The van der Waals surface area contributed by atoms with Gasteiger partial charge in [0.05, 0.1) is 18.8 Å². The van der Waals surface area contributed by atoms with Crippen molar-refractivity contribution >= 4 is 23.5 Å². The molecule has 1 saturated heterocycles. The second-order valence-electron chi connectivity index (χ2n) is 6.02. The number of urea groups is 1. The number of para-hydroxylation sites is 2. The molecule has 25 heavy (non-hydrogen) atoms. The molecular formula is C17H22N4O4. The molecule has 0 saturated carbocycles. The van der Waals surface area contributed by atoms with Crippen LogP contribution in [-0.4, -0.2) is 61.6 Å². The summed E-state index contributed by atoms with van der Waals surface area (Å²) in [5.74, 6) is 0.0659. The zero-order chi connectivity index (χ0) is 17.8. The lowest BCUT2D eigenvalue weighted by atomic mass is 10.1. The zero-order valence-corrected chi connectivity index (χ0v) is 14.2. The first-order valence-corrected chi connectivity index (χ1v) is 8.46. The van der Waals surface area contributed by atoms with Gasteiger partial charge in [0.1, 0.15) is 5.75 Å². The zero-order valence-electron chi connectivity index (χ0n) is 14.2. The molecule has 8 nitrogen and oxygen atoms in total. The Kier molecular flexibility index (Phi) is 5.06. The minimum absolute atomic E-state index is 0.0192. The van der Waals surface area contributed by atoms with Gasteiger partial charge in [-0.2, -0.15) is 0 Å². The first kappa shape index (κ1) is 17.1. The Bertz CT molecular complexity index is 678. The minimum atomic E-state index is -0.693. The summed E-state index contributed by atoms with van der Waals surface area (Å²) >= 11 is 0. The van der Waals surface area contributed by atoms with Gasteiger partial charge in [-0.1, -0.05) is 19.1 Å². The van der Waals surface area contributed by atoms with Crippen LogP contribution in [0.1, 0.15) is 13.3 Å². The van der Waals surface area contributed by atoms with E-state index in [9.17, 15) is 14.4 Å². The predicted octanol–water partition coefficient (Wildman–Crippen LogP) is 0.332. The molecule has 134 valence electrons. The molecule has 4 amide bonds. The second-order valence-corrected chi connectivity index (χ2v) is 6.02. The number of nitrogens with one attached hydrogen (secondary N) is 2. The highest BCUT2D eigenvalue weighted by molar-refractivity contribution is 5.98. The maximum atomic E-state index is 12.5. The van der Waals surface area contributed by atoms with E-state index in [2.05, 4.69) is 10.6 Å². The third-order valence-corrected chi connectivity index (χ3v) is 4.19. The van der Waals surface area contributed by atoms with E-state index in [1.165, 1.54) is 4.90 Å². The van der Waals surface area contributed by atoms with Crippen molar-refractivity contribution in [2.24, 2.45) is 0 Å². The Balaban J connectivity index is 1.75. The van der Waals surface area contributed by atoms with Crippen molar-refractivity contribution in [1.82, 2.24) is 15.5 Å². The fraction of sp³-hybridized carbons (Fsp3) is 0.471. The number of amides is 4. The number of fused-ring (bicyclic) bond motifs is 1. The van der Waals surface area contributed by atoms with Crippen molar-refractivity contribution in [3.63, 3.8) is 0 Å². The van der Waals surface area contributed by atoms with Crippen LogP contribution in [0, 0.1) is 0 Å². The molecule has 2 aliphatic heterocycles. The van der Waals surface area contributed by atoms with Gasteiger partial charge in [0, 0.05) is 19.6 Å². The van der Waals surface area contributed by atoms with E-state index in [1.54, 1.807) is 11.0 Å². The molecule has 8 heteroatoms. The van der Waals surface area contributed by atoms with E-state index in [1.807, 2.05) is 25.1 Å². The highest BCUT2D eigenvalue weighted by atomic mass is 16.5. The summed E-state index contributed by atoms with van der Waals surface area (Å²) in [4.78, 5) is 39.4. The van der Waals surface area contributed by atoms with E-state index < -0.39 is 6.10 Å². The smallest absolute Gasteiger partial charge is 0.324 e. The summed E-state index contributed by atoms with van der Waals surface area (Å²) in [6, 6.07) is 6.91. The van der Waals surface area contributed by atoms with Gasteiger partial charge >= 0.3 is 6.03 Å². The molecule has 0 aliphatic carbocycles. The molecule has 0 unspecified atom stereocenters. The molecule has 1 fully saturated rings. The van der Waals surface area contributed by atoms with Gasteiger partial charge in [-0.3, -0.25) is 14.5 Å². The highest BCUT2D eigenvalue weighted by Gasteiger charge is 2.34. The van der Waals surface area contributed by atoms with E-state index in [4.69, 9.17) is 4.74 Å². The third-order valence-electron chi connectivity index (χ3n) is 4.19. The molecule has 1 aromatic carbocycles. The van der Waals surface area contributed by atoms with E-state index in [0.717, 1.165) is 12.1 Å². The number of anilines is 1. The van der Waals surface area contributed by atoms with Gasteiger partial charge in [0.15, 0.2) is 6.10 Å². The molecule has 1 aromatic rings. The van der Waals surface area contributed by atoms with Crippen LogP contribution in [0.5, 0.6) is 5.75 Å². The standard InChI is InChI=1S/C17H22N4O4/c1-2-7-18-16(23)14-10-20(12-5-3-4-6-13(12)25-14)11-15(22)21-9-8-19-17(21)24/h3-6,14H,2,7-11H2,1H3,(H,18,23)(H,19,24)/t14-/m1/s1. The maximum absolute atomic E-state index is 12.5. The Morgan fingerprint density at radius 1 is 1.36 bits per heavy atom. The molecule has 3 rings (SSSR count). The lowest BCUT2D eigenvalue weighted by molar-refractivity contribution is -0.129.